The van der Waals surface area contributed by atoms with Crippen LogP contribution in [0, 0.1) is 0 Å². The van der Waals surface area contributed by atoms with E-state index in [2.05, 4.69) is 118 Å². The molecule has 6 heteroatoms. The van der Waals surface area contributed by atoms with E-state index in [1.807, 2.05) is 0 Å². The van der Waals surface area contributed by atoms with Crippen LogP contribution >= 0.6 is 0 Å². The third kappa shape index (κ3) is 57.2. The van der Waals surface area contributed by atoms with Crippen molar-refractivity contribution in [2.45, 2.75) is 290 Å². The van der Waals surface area contributed by atoms with E-state index in [-0.39, 0.29) is 31.1 Å². The summed E-state index contributed by atoms with van der Waals surface area (Å²) < 4.78 is 16.9. The SMILES string of the molecule is CC/C=C\C/C=C\C/C=C\C/C=C\CCCCCCCCC(=O)OCC(COC(=O)CCCCCCC/C=C\C/C=C\CCCCCC)OC(=O)CCCCCCCCCCC/C=C\C/C=C\CCCCC. The minimum absolute atomic E-state index is 0.0913. The molecule has 6 nitrogen and oxygen atoms in total. The standard InChI is InChI=1S/C66H112O6/c1-4-7-10-13-16-19-22-25-28-31-33-35-38-41-44-47-50-53-56-59-65(68)71-62-63(61-70-64(67)58-55-52-49-46-43-40-37-30-27-24-21-18-15-12-9-6-3)72-66(69)60-57-54-51-48-45-42-39-36-34-32-29-26-23-20-17-14-11-8-5-2/h7,10,16-17,19-21,24-26,28-30,33,35,37,63H,4-6,8-9,11-15,18,22-23,27,31-32,34,36,38-62H2,1-3H3/b10-7-,19-16-,20-17-,24-21-,28-25-,29-26-,35-33-,37-30-. The van der Waals surface area contributed by atoms with Crippen LogP contribution < -0.4 is 0 Å². The van der Waals surface area contributed by atoms with Gasteiger partial charge in [-0.15, -0.1) is 0 Å². The van der Waals surface area contributed by atoms with Crippen LogP contribution in [-0.2, 0) is 28.6 Å². The Kier molecular flexibility index (Phi) is 56.8. The van der Waals surface area contributed by atoms with E-state index in [1.165, 1.54) is 116 Å². The maximum atomic E-state index is 12.9. The van der Waals surface area contributed by atoms with Crippen molar-refractivity contribution in [2.75, 3.05) is 13.2 Å². The Hall–Kier alpha value is -3.67. The van der Waals surface area contributed by atoms with E-state index >= 15 is 0 Å². The number of ether oxygens (including phenoxy) is 3. The summed E-state index contributed by atoms with van der Waals surface area (Å²) in [6, 6.07) is 0. The summed E-state index contributed by atoms with van der Waals surface area (Å²) in [4.78, 5) is 38.3. The molecule has 0 N–H and O–H groups in total. The summed E-state index contributed by atoms with van der Waals surface area (Å²) in [5.74, 6) is -0.916. The average molecular weight is 1000 g/mol. The van der Waals surface area contributed by atoms with Crippen LogP contribution in [0.5, 0.6) is 0 Å². The van der Waals surface area contributed by atoms with E-state index in [9.17, 15) is 14.4 Å². The molecule has 0 aromatic carbocycles. The zero-order valence-electron chi connectivity index (χ0n) is 47.2. The third-order valence-corrected chi connectivity index (χ3v) is 12.8. The molecule has 0 spiro atoms. The van der Waals surface area contributed by atoms with Gasteiger partial charge in [0, 0.05) is 19.3 Å². The molecule has 0 aliphatic rings. The van der Waals surface area contributed by atoms with E-state index in [1.54, 1.807) is 0 Å². The van der Waals surface area contributed by atoms with Crippen LogP contribution in [0.4, 0.5) is 0 Å². The first-order chi connectivity index (χ1) is 35.5. The predicted octanol–water partition coefficient (Wildman–Crippen LogP) is 20.5. The highest BCUT2D eigenvalue weighted by atomic mass is 16.6. The second-order valence-electron chi connectivity index (χ2n) is 19.9. The van der Waals surface area contributed by atoms with Crippen LogP contribution in [0.2, 0.25) is 0 Å². The molecule has 0 heterocycles. The summed E-state index contributed by atoms with van der Waals surface area (Å²) in [6.07, 6.45) is 79.6. The zero-order chi connectivity index (χ0) is 52.2. The molecule has 0 amide bonds. The smallest absolute Gasteiger partial charge is 0.306 e. The number of carbonyl (C=O) groups excluding carboxylic acids is 3. The van der Waals surface area contributed by atoms with Crippen molar-refractivity contribution in [3.63, 3.8) is 0 Å². The molecule has 0 saturated carbocycles. The van der Waals surface area contributed by atoms with E-state index in [0.717, 1.165) is 128 Å². The molecule has 0 fully saturated rings. The lowest BCUT2D eigenvalue weighted by Gasteiger charge is -2.18. The van der Waals surface area contributed by atoms with E-state index in [0.29, 0.717) is 19.3 Å². The largest absolute Gasteiger partial charge is 0.462 e. The van der Waals surface area contributed by atoms with Gasteiger partial charge in [-0.1, -0.05) is 240 Å². The Morgan fingerprint density at radius 3 is 0.875 bits per heavy atom. The Morgan fingerprint density at radius 1 is 0.292 bits per heavy atom. The third-order valence-electron chi connectivity index (χ3n) is 12.8. The van der Waals surface area contributed by atoms with Crippen molar-refractivity contribution >= 4 is 17.9 Å². The summed E-state index contributed by atoms with van der Waals surface area (Å²) in [6.45, 7) is 6.47. The number of rotatable bonds is 54. The first-order valence-corrected chi connectivity index (χ1v) is 30.2. The number of unbranched alkanes of at least 4 members (excludes halogenated alkanes) is 27. The molecule has 0 aromatic heterocycles. The van der Waals surface area contributed by atoms with Gasteiger partial charge in [0.25, 0.3) is 0 Å². The van der Waals surface area contributed by atoms with Crippen LogP contribution in [0.3, 0.4) is 0 Å². The molecular weight excluding hydrogens is 889 g/mol. The molecule has 412 valence electrons. The molecule has 0 aliphatic heterocycles. The minimum Gasteiger partial charge on any atom is -0.462 e. The fourth-order valence-electron chi connectivity index (χ4n) is 8.26. The second kappa shape index (κ2) is 59.9. The highest BCUT2D eigenvalue weighted by Crippen LogP contribution is 2.15. The second-order valence-corrected chi connectivity index (χ2v) is 19.9. The van der Waals surface area contributed by atoms with Gasteiger partial charge in [0.05, 0.1) is 0 Å². The van der Waals surface area contributed by atoms with Gasteiger partial charge < -0.3 is 14.2 Å². The fraction of sp³-hybridized carbons (Fsp3) is 0.712. The average Bonchev–Trinajstić information content (AvgIpc) is 3.38. The topological polar surface area (TPSA) is 78.9 Å². The minimum atomic E-state index is -0.794. The van der Waals surface area contributed by atoms with Crippen molar-refractivity contribution < 1.29 is 28.6 Å². The molecule has 0 aromatic rings. The van der Waals surface area contributed by atoms with Gasteiger partial charge >= 0.3 is 17.9 Å². The molecule has 1 atom stereocenters. The van der Waals surface area contributed by atoms with Gasteiger partial charge in [-0.25, -0.2) is 0 Å². The lowest BCUT2D eigenvalue weighted by atomic mass is 10.1. The van der Waals surface area contributed by atoms with Crippen LogP contribution in [0.15, 0.2) is 97.2 Å². The maximum Gasteiger partial charge on any atom is 0.306 e. The molecule has 0 aliphatic carbocycles. The van der Waals surface area contributed by atoms with Gasteiger partial charge in [0.15, 0.2) is 6.10 Å². The van der Waals surface area contributed by atoms with Crippen LogP contribution in [0.25, 0.3) is 0 Å². The Labute approximate surface area is 445 Å². The number of esters is 3. The van der Waals surface area contributed by atoms with Crippen LogP contribution in [-0.4, -0.2) is 37.2 Å². The van der Waals surface area contributed by atoms with Gasteiger partial charge in [0.2, 0.25) is 0 Å². The van der Waals surface area contributed by atoms with Crippen molar-refractivity contribution in [2.24, 2.45) is 0 Å². The molecular formula is C66H112O6. The van der Waals surface area contributed by atoms with Crippen LogP contribution in [0.1, 0.15) is 284 Å². The van der Waals surface area contributed by atoms with Crippen molar-refractivity contribution in [3.05, 3.63) is 97.2 Å². The lowest BCUT2D eigenvalue weighted by Crippen LogP contribution is -2.30. The summed E-state index contributed by atoms with van der Waals surface area (Å²) >= 11 is 0. The maximum absolute atomic E-state index is 12.9. The Balaban J connectivity index is 4.44. The Bertz CT molecular complexity index is 1430. The molecule has 0 rings (SSSR count). The quantitative estimate of drug-likeness (QED) is 0.0261. The number of hydrogen-bond donors (Lipinski definition) is 0. The summed E-state index contributed by atoms with van der Waals surface area (Å²) in [5.41, 5.74) is 0. The number of hydrogen-bond acceptors (Lipinski definition) is 6. The Morgan fingerprint density at radius 2 is 0.542 bits per heavy atom. The molecule has 0 saturated heterocycles. The summed E-state index contributed by atoms with van der Waals surface area (Å²) in [7, 11) is 0. The van der Waals surface area contributed by atoms with Gasteiger partial charge in [0.1, 0.15) is 13.2 Å². The van der Waals surface area contributed by atoms with Gasteiger partial charge in [-0.2, -0.15) is 0 Å². The van der Waals surface area contributed by atoms with Crippen molar-refractivity contribution in [1.82, 2.24) is 0 Å². The predicted molar refractivity (Wildman–Crippen MR) is 311 cm³/mol. The highest BCUT2D eigenvalue weighted by molar-refractivity contribution is 5.71. The van der Waals surface area contributed by atoms with Crippen molar-refractivity contribution in [3.8, 4) is 0 Å². The van der Waals surface area contributed by atoms with Gasteiger partial charge in [-0.05, 0) is 122 Å². The highest BCUT2D eigenvalue weighted by Gasteiger charge is 2.19. The molecule has 1 unspecified atom stereocenters. The fourth-order valence-corrected chi connectivity index (χ4v) is 8.26. The molecule has 72 heavy (non-hydrogen) atoms. The zero-order valence-corrected chi connectivity index (χ0v) is 47.2. The lowest BCUT2D eigenvalue weighted by molar-refractivity contribution is -0.167. The first-order valence-electron chi connectivity index (χ1n) is 30.2. The molecule has 0 radical (unpaired) electrons. The molecule has 0 bridgehead atoms. The normalized spacial score (nSPS) is 12.8. The van der Waals surface area contributed by atoms with E-state index < -0.39 is 6.10 Å². The number of carbonyl (C=O) groups is 3. The van der Waals surface area contributed by atoms with Gasteiger partial charge in [-0.3, -0.25) is 14.4 Å². The number of allylic oxidation sites excluding steroid dienone is 16. The monoisotopic (exact) mass is 1000 g/mol. The first kappa shape index (κ1) is 68.3. The van der Waals surface area contributed by atoms with Crippen molar-refractivity contribution in [1.29, 1.82) is 0 Å². The van der Waals surface area contributed by atoms with E-state index in [4.69, 9.17) is 14.2 Å². The summed E-state index contributed by atoms with van der Waals surface area (Å²) in [5, 5.41) is 0.